The molecule has 2 rings (SSSR count). The van der Waals surface area contributed by atoms with Crippen LogP contribution < -0.4 is 10.2 Å². The van der Waals surface area contributed by atoms with Gasteiger partial charge in [0.15, 0.2) is 0 Å². The fraction of sp³-hybridized carbons (Fsp3) is 0.647. The first kappa shape index (κ1) is 16.7. The quantitative estimate of drug-likeness (QED) is 0.840. The van der Waals surface area contributed by atoms with E-state index in [1.807, 2.05) is 18.3 Å². The molecule has 1 aliphatic heterocycles. The summed E-state index contributed by atoms with van der Waals surface area (Å²) in [5.41, 5.74) is 1.01. The molecule has 0 spiro atoms. The maximum Gasteiger partial charge on any atom is 0.249 e. The molecule has 2 heterocycles. The van der Waals surface area contributed by atoms with Gasteiger partial charge in [-0.1, -0.05) is 19.9 Å². The van der Waals surface area contributed by atoms with Crippen molar-refractivity contribution in [1.29, 1.82) is 0 Å². The summed E-state index contributed by atoms with van der Waals surface area (Å²) in [5, 5.41) is 2.89. The summed E-state index contributed by atoms with van der Waals surface area (Å²) in [6.07, 6.45) is 3.91. The van der Waals surface area contributed by atoms with Crippen molar-refractivity contribution < 1.29 is 9.53 Å². The lowest BCUT2D eigenvalue weighted by Crippen LogP contribution is -2.34. The number of nitrogens with one attached hydrogen (secondary N) is 1. The van der Waals surface area contributed by atoms with Crippen molar-refractivity contribution >= 4 is 11.7 Å². The van der Waals surface area contributed by atoms with Crippen LogP contribution in [-0.4, -0.2) is 36.7 Å². The topological polar surface area (TPSA) is 54.5 Å². The number of pyridine rings is 1. The Hall–Kier alpha value is -1.62. The van der Waals surface area contributed by atoms with E-state index in [2.05, 4.69) is 29.0 Å². The molecule has 1 fully saturated rings. The molecular weight excluding hydrogens is 278 g/mol. The maximum absolute atomic E-state index is 11.9. The predicted molar refractivity (Wildman–Crippen MR) is 87.8 cm³/mol. The van der Waals surface area contributed by atoms with E-state index in [1.54, 1.807) is 6.92 Å². The van der Waals surface area contributed by atoms with Crippen molar-refractivity contribution in [2.75, 3.05) is 24.6 Å². The Kier molecular flexibility index (Phi) is 6.19. The van der Waals surface area contributed by atoms with Crippen LogP contribution in [0.2, 0.25) is 0 Å². The lowest BCUT2D eigenvalue weighted by atomic mass is 10.2. The van der Waals surface area contributed by atoms with Crippen molar-refractivity contribution in [3.05, 3.63) is 23.9 Å². The number of carbonyl (C=O) groups is 1. The summed E-state index contributed by atoms with van der Waals surface area (Å²) in [6.45, 7) is 9.19. The molecule has 1 aliphatic rings. The van der Waals surface area contributed by atoms with Gasteiger partial charge in [-0.2, -0.15) is 0 Å². The Balaban J connectivity index is 1.77. The van der Waals surface area contributed by atoms with Gasteiger partial charge in [0.2, 0.25) is 5.91 Å². The zero-order valence-corrected chi connectivity index (χ0v) is 13.8. The van der Waals surface area contributed by atoms with Crippen LogP contribution in [0.5, 0.6) is 0 Å². The molecule has 1 amide bonds. The largest absolute Gasteiger partial charge is 0.368 e. The molecule has 5 nitrogen and oxygen atoms in total. The number of carbonyl (C=O) groups excluding carboxylic acids is 1. The van der Waals surface area contributed by atoms with E-state index in [0.717, 1.165) is 24.5 Å². The summed E-state index contributed by atoms with van der Waals surface area (Å²) in [4.78, 5) is 18.7. The summed E-state index contributed by atoms with van der Waals surface area (Å²) < 4.78 is 5.51. The molecule has 1 atom stereocenters. The molecule has 0 unspecified atom stereocenters. The number of ether oxygens (including phenoxy) is 1. The highest BCUT2D eigenvalue weighted by Crippen LogP contribution is 2.17. The van der Waals surface area contributed by atoms with Crippen molar-refractivity contribution in [1.82, 2.24) is 10.3 Å². The lowest BCUT2D eigenvalue weighted by molar-refractivity contribution is -0.132. The molecule has 0 aliphatic carbocycles. The van der Waals surface area contributed by atoms with E-state index in [0.29, 0.717) is 19.1 Å². The Morgan fingerprint density at radius 2 is 2.05 bits per heavy atom. The first-order chi connectivity index (χ1) is 10.6. The molecule has 1 saturated heterocycles. The highest BCUT2D eigenvalue weighted by Gasteiger charge is 2.15. The number of nitrogens with zero attached hydrogens (tertiary/aromatic N) is 2. The molecule has 0 aromatic carbocycles. The second-order valence-electron chi connectivity index (χ2n) is 6.31. The van der Waals surface area contributed by atoms with Crippen LogP contribution in [0, 0.1) is 5.92 Å². The van der Waals surface area contributed by atoms with E-state index in [4.69, 9.17) is 4.74 Å². The molecule has 1 aromatic rings. The Morgan fingerprint density at radius 3 is 2.64 bits per heavy atom. The summed E-state index contributed by atoms with van der Waals surface area (Å²) in [6, 6.07) is 4.06. The Morgan fingerprint density at radius 1 is 1.32 bits per heavy atom. The first-order valence-electron chi connectivity index (χ1n) is 8.15. The minimum atomic E-state index is -0.417. The first-order valence-corrected chi connectivity index (χ1v) is 8.15. The molecule has 0 radical (unpaired) electrons. The van der Waals surface area contributed by atoms with E-state index in [9.17, 15) is 4.79 Å². The maximum atomic E-state index is 11.9. The van der Waals surface area contributed by atoms with Gasteiger partial charge in [-0.25, -0.2) is 4.98 Å². The predicted octanol–water partition coefficient (Wildman–Crippen LogP) is 2.36. The summed E-state index contributed by atoms with van der Waals surface area (Å²) in [7, 11) is 0. The molecule has 5 heteroatoms. The van der Waals surface area contributed by atoms with Gasteiger partial charge in [-0.05, 0) is 37.3 Å². The number of hydrogen-bond donors (Lipinski definition) is 1. The summed E-state index contributed by atoms with van der Waals surface area (Å²) >= 11 is 0. The third-order valence-electron chi connectivity index (χ3n) is 3.75. The van der Waals surface area contributed by atoms with Crippen LogP contribution in [0.3, 0.4) is 0 Å². The summed E-state index contributed by atoms with van der Waals surface area (Å²) in [5.74, 6) is 1.38. The van der Waals surface area contributed by atoms with Crippen LogP contribution in [0.15, 0.2) is 18.3 Å². The van der Waals surface area contributed by atoms with Crippen LogP contribution in [0.25, 0.3) is 0 Å². The van der Waals surface area contributed by atoms with Gasteiger partial charge < -0.3 is 15.0 Å². The van der Waals surface area contributed by atoms with E-state index in [-0.39, 0.29) is 5.91 Å². The number of amides is 1. The van der Waals surface area contributed by atoms with Crippen LogP contribution >= 0.6 is 0 Å². The van der Waals surface area contributed by atoms with Gasteiger partial charge in [-0.3, -0.25) is 4.79 Å². The zero-order valence-electron chi connectivity index (χ0n) is 13.8. The molecule has 1 aromatic heterocycles. The lowest BCUT2D eigenvalue weighted by Gasteiger charge is -2.17. The van der Waals surface area contributed by atoms with E-state index < -0.39 is 6.10 Å². The number of hydrogen-bond acceptors (Lipinski definition) is 4. The van der Waals surface area contributed by atoms with Crippen LogP contribution in [-0.2, 0) is 16.1 Å². The van der Waals surface area contributed by atoms with Gasteiger partial charge in [0, 0.05) is 32.4 Å². The van der Waals surface area contributed by atoms with Crippen LogP contribution in [0.4, 0.5) is 5.82 Å². The second-order valence-corrected chi connectivity index (χ2v) is 6.31. The second kappa shape index (κ2) is 8.13. The average Bonchev–Trinajstić information content (AvgIpc) is 3.05. The number of rotatable bonds is 7. The normalized spacial score (nSPS) is 16.1. The van der Waals surface area contributed by atoms with Crippen molar-refractivity contribution in [2.45, 2.75) is 46.3 Å². The Bertz CT molecular complexity index is 467. The molecule has 0 saturated carbocycles. The van der Waals surface area contributed by atoms with Gasteiger partial charge >= 0.3 is 0 Å². The van der Waals surface area contributed by atoms with Gasteiger partial charge in [0.25, 0.3) is 0 Å². The van der Waals surface area contributed by atoms with E-state index in [1.165, 1.54) is 12.8 Å². The van der Waals surface area contributed by atoms with Crippen LogP contribution in [0.1, 0.15) is 39.2 Å². The monoisotopic (exact) mass is 305 g/mol. The number of anilines is 1. The minimum absolute atomic E-state index is 0.0794. The van der Waals surface area contributed by atoms with Crippen molar-refractivity contribution in [3.8, 4) is 0 Å². The van der Waals surface area contributed by atoms with Gasteiger partial charge in [0.05, 0.1) is 0 Å². The average molecular weight is 305 g/mol. The standard InChI is InChI=1S/C17H27N3O2/c1-13(2)12-22-14(3)17(21)19-11-15-6-7-16(18-10-15)20-8-4-5-9-20/h6-7,10,13-14H,4-5,8-9,11-12H2,1-3H3,(H,19,21)/t14-/m1/s1. The fourth-order valence-electron chi connectivity index (χ4n) is 2.40. The third kappa shape index (κ3) is 4.98. The Labute approximate surface area is 133 Å². The fourth-order valence-corrected chi connectivity index (χ4v) is 2.40. The SMILES string of the molecule is CC(C)CO[C@H](C)C(=O)NCc1ccc(N2CCCC2)nc1. The molecule has 1 N–H and O–H groups in total. The number of aromatic nitrogens is 1. The third-order valence-corrected chi connectivity index (χ3v) is 3.75. The smallest absolute Gasteiger partial charge is 0.249 e. The van der Waals surface area contributed by atoms with Gasteiger partial charge in [0.1, 0.15) is 11.9 Å². The molecule has 22 heavy (non-hydrogen) atoms. The van der Waals surface area contributed by atoms with Crippen molar-refractivity contribution in [2.24, 2.45) is 5.92 Å². The van der Waals surface area contributed by atoms with Gasteiger partial charge in [-0.15, -0.1) is 0 Å². The zero-order chi connectivity index (χ0) is 15.9. The molecular formula is C17H27N3O2. The highest BCUT2D eigenvalue weighted by atomic mass is 16.5. The molecule has 0 bridgehead atoms. The highest BCUT2D eigenvalue weighted by molar-refractivity contribution is 5.80. The minimum Gasteiger partial charge on any atom is -0.368 e. The van der Waals surface area contributed by atoms with Crippen molar-refractivity contribution in [3.63, 3.8) is 0 Å². The molecule has 122 valence electrons. The van der Waals surface area contributed by atoms with E-state index >= 15 is 0 Å².